The highest BCUT2D eigenvalue weighted by Gasteiger charge is 1.87. The van der Waals surface area contributed by atoms with Crippen molar-refractivity contribution >= 4 is 14.7 Å². The van der Waals surface area contributed by atoms with Gasteiger partial charge in [-0.1, -0.05) is 61.1 Å². The number of allylic oxidation sites excluding steroid dienone is 1. The molecule has 1 aromatic rings. The third-order valence-electron chi connectivity index (χ3n) is 1.72. The van der Waals surface area contributed by atoms with Crippen molar-refractivity contribution in [3.63, 3.8) is 0 Å². The quantitative estimate of drug-likeness (QED) is 0.614. The summed E-state index contributed by atoms with van der Waals surface area (Å²) in [6, 6.07) is 10.7. The molecule has 0 nitrogen and oxygen atoms in total. The number of benzene rings is 1. The Kier molecular flexibility index (Phi) is 3.81. The molecule has 0 aromatic heterocycles. The van der Waals surface area contributed by atoms with Crippen LogP contribution in [-0.2, 0) is 0 Å². The molecular weight excluding hydrogens is 160 g/mol. The normalized spacial score (nSPS) is 12.2. The van der Waals surface area contributed by atoms with Gasteiger partial charge in [-0.3, -0.25) is 0 Å². The van der Waals surface area contributed by atoms with Crippen LogP contribution in [0.4, 0.5) is 0 Å². The minimum atomic E-state index is -0.135. The molecule has 0 aliphatic heterocycles. The van der Waals surface area contributed by atoms with Crippen molar-refractivity contribution in [2.45, 2.75) is 13.8 Å². The second-order valence-electron chi connectivity index (χ2n) is 3.36. The molecule has 0 N–H and O–H groups in total. The fraction of sp³-hybridized carbons (Fsp3) is 0.273. The molecule has 1 rings (SSSR count). The smallest absolute Gasteiger partial charge is 0.0779 e. The van der Waals surface area contributed by atoms with Crippen LogP contribution >= 0.6 is 0 Å². The molecule has 0 fully saturated rings. The lowest BCUT2D eigenvalue weighted by Gasteiger charge is -1.95. The Hall–Kier alpha value is -0.823. The predicted molar refractivity (Wildman–Crippen MR) is 58.6 cm³/mol. The summed E-state index contributed by atoms with van der Waals surface area (Å²) < 4.78 is 0. The second kappa shape index (κ2) is 4.94. The lowest BCUT2D eigenvalue weighted by Crippen LogP contribution is -2.10. The maximum atomic E-state index is 2.38. The summed E-state index contributed by atoms with van der Waals surface area (Å²) in [5.74, 6) is 0.696. The topological polar surface area (TPSA) is 0 Å². The summed E-state index contributed by atoms with van der Waals surface area (Å²) in [6.45, 7) is 4.44. The van der Waals surface area contributed by atoms with Gasteiger partial charge in [0, 0.05) is 0 Å². The summed E-state index contributed by atoms with van der Waals surface area (Å²) in [4.78, 5) is 0. The summed E-state index contributed by atoms with van der Waals surface area (Å²) in [5, 5.41) is 1.52. The van der Waals surface area contributed by atoms with Gasteiger partial charge in [0.2, 0.25) is 0 Å². The van der Waals surface area contributed by atoms with Crippen molar-refractivity contribution in [3.8, 4) is 0 Å². The first-order chi connectivity index (χ1) is 5.79. The molecule has 0 heterocycles. The molecule has 0 amide bonds. The SMILES string of the molecule is CC(C)/C=C\[SiH2]c1ccccc1. The Morgan fingerprint density at radius 3 is 2.42 bits per heavy atom. The van der Waals surface area contributed by atoms with Crippen LogP contribution in [0.2, 0.25) is 0 Å². The number of hydrogen-bond donors (Lipinski definition) is 0. The maximum Gasteiger partial charge on any atom is 0.0779 e. The molecule has 0 saturated carbocycles. The van der Waals surface area contributed by atoms with E-state index < -0.39 is 0 Å². The minimum Gasteiger partial charge on any atom is -0.0998 e. The van der Waals surface area contributed by atoms with Crippen LogP contribution in [0.3, 0.4) is 0 Å². The minimum absolute atomic E-state index is 0.135. The Bertz CT molecular complexity index is 236. The van der Waals surface area contributed by atoms with E-state index in [1.54, 1.807) is 0 Å². The Morgan fingerprint density at radius 1 is 1.17 bits per heavy atom. The van der Waals surface area contributed by atoms with E-state index in [1.807, 2.05) is 0 Å². The highest BCUT2D eigenvalue weighted by Crippen LogP contribution is 1.92. The van der Waals surface area contributed by atoms with Crippen LogP contribution in [0.25, 0.3) is 0 Å². The largest absolute Gasteiger partial charge is 0.0998 e. The molecule has 0 spiro atoms. The van der Waals surface area contributed by atoms with Crippen LogP contribution in [0.1, 0.15) is 13.8 Å². The van der Waals surface area contributed by atoms with Crippen molar-refractivity contribution in [2.75, 3.05) is 0 Å². The Labute approximate surface area is 77.1 Å². The molecule has 1 aromatic carbocycles. The monoisotopic (exact) mass is 176 g/mol. The average molecular weight is 176 g/mol. The van der Waals surface area contributed by atoms with Crippen LogP contribution in [0.15, 0.2) is 42.1 Å². The van der Waals surface area contributed by atoms with Gasteiger partial charge in [-0.2, -0.15) is 0 Å². The summed E-state index contributed by atoms with van der Waals surface area (Å²) in [5.41, 5.74) is 2.38. The maximum absolute atomic E-state index is 2.38. The van der Waals surface area contributed by atoms with Gasteiger partial charge in [0.05, 0.1) is 9.52 Å². The first kappa shape index (κ1) is 9.27. The van der Waals surface area contributed by atoms with Crippen molar-refractivity contribution in [3.05, 3.63) is 42.1 Å². The van der Waals surface area contributed by atoms with Gasteiger partial charge in [0.1, 0.15) is 0 Å². The van der Waals surface area contributed by atoms with Crippen molar-refractivity contribution in [2.24, 2.45) is 5.92 Å². The summed E-state index contributed by atoms with van der Waals surface area (Å²) in [7, 11) is -0.135. The molecule has 0 aliphatic carbocycles. The Balaban J connectivity index is 2.43. The molecule has 0 bridgehead atoms. The zero-order chi connectivity index (χ0) is 8.81. The molecule has 1 heteroatoms. The first-order valence-electron chi connectivity index (χ1n) is 4.49. The molecule has 0 atom stereocenters. The molecule has 0 saturated heterocycles. The van der Waals surface area contributed by atoms with Crippen molar-refractivity contribution < 1.29 is 0 Å². The molecule has 0 radical (unpaired) electrons. The van der Waals surface area contributed by atoms with E-state index >= 15 is 0 Å². The van der Waals surface area contributed by atoms with Gasteiger partial charge in [0.15, 0.2) is 0 Å². The zero-order valence-corrected chi connectivity index (χ0v) is 9.24. The zero-order valence-electron chi connectivity index (χ0n) is 7.83. The first-order valence-corrected chi connectivity index (χ1v) is 6.02. The van der Waals surface area contributed by atoms with E-state index in [0.717, 1.165) is 0 Å². The van der Waals surface area contributed by atoms with Gasteiger partial charge >= 0.3 is 0 Å². The third kappa shape index (κ3) is 3.53. The summed E-state index contributed by atoms with van der Waals surface area (Å²) in [6.07, 6.45) is 2.30. The lowest BCUT2D eigenvalue weighted by molar-refractivity contribution is 0.833. The predicted octanol–water partition coefficient (Wildman–Crippen LogP) is 1.65. The second-order valence-corrected chi connectivity index (χ2v) is 5.06. The fourth-order valence-corrected chi connectivity index (χ4v) is 2.59. The van der Waals surface area contributed by atoms with Crippen LogP contribution in [-0.4, -0.2) is 9.52 Å². The van der Waals surface area contributed by atoms with Gasteiger partial charge in [-0.25, -0.2) is 0 Å². The van der Waals surface area contributed by atoms with Gasteiger partial charge in [0.25, 0.3) is 0 Å². The van der Waals surface area contributed by atoms with Crippen LogP contribution in [0.5, 0.6) is 0 Å². The molecule has 64 valence electrons. The van der Waals surface area contributed by atoms with E-state index in [-0.39, 0.29) is 9.52 Å². The van der Waals surface area contributed by atoms with Crippen LogP contribution < -0.4 is 5.19 Å². The third-order valence-corrected chi connectivity index (χ3v) is 3.17. The highest BCUT2D eigenvalue weighted by atomic mass is 28.2. The van der Waals surface area contributed by atoms with E-state index in [1.165, 1.54) is 5.19 Å². The number of rotatable bonds is 3. The standard InChI is InChI=1S/C11H16Si/c1-10(2)8-9-12-11-6-4-3-5-7-11/h3-10H,12H2,1-2H3/b9-8-. The van der Waals surface area contributed by atoms with E-state index in [0.29, 0.717) is 5.92 Å². The van der Waals surface area contributed by atoms with Gasteiger partial charge in [-0.05, 0) is 5.92 Å². The molecule has 0 aliphatic rings. The Morgan fingerprint density at radius 2 is 1.83 bits per heavy atom. The van der Waals surface area contributed by atoms with Crippen LogP contribution in [0, 0.1) is 5.92 Å². The molecule has 12 heavy (non-hydrogen) atoms. The van der Waals surface area contributed by atoms with Crippen molar-refractivity contribution in [1.82, 2.24) is 0 Å². The molecular formula is C11H16Si. The van der Waals surface area contributed by atoms with E-state index in [2.05, 4.69) is 56.0 Å². The fourth-order valence-electron chi connectivity index (χ4n) is 1.09. The number of hydrogen-bond acceptors (Lipinski definition) is 0. The van der Waals surface area contributed by atoms with Crippen molar-refractivity contribution in [1.29, 1.82) is 0 Å². The highest BCUT2D eigenvalue weighted by molar-refractivity contribution is 6.58. The summed E-state index contributed by atoms with van der Waals surface area (Å²) >= 11 is 0. The van der Waals surface area contributed by atoms with Gasteiger partial charge in [-0.15, -0.1) is 0 Å². The van der Waals surface area contributed by atoms with Gasteiger partial charge < -0.3 is 0 Å². The molecule has 0 unspecified atom stereocenters. The average Bonchev–Trinajstić information content (AvgIpc) is 2.05. The lowest BCUT2D eigenvalue weighted by atomic mass is 10.2. The van der Waals surface area contributed by atoms with E-state index in [4.69, 9.17) is 0 Å². The van der Waals surface area contributed by atoms with E-state index in [9.17, 15) is 0 Å².